The molecular formula is C16H29NO4. The van der Waals surface area contributed by atoms with Crippen LogP contribution >= 0.6 is 0 Å². The van der Waals surface area contributed by atoms with Gasteiger partial charge in [0.2, 0.25) is 0 Å². The largest absolute Gasteiger partial charge is 0.469 e. The Bertz CT molecular complexity index is 299. The first kappa shape index (κ1) is 16.7. The molecule has 0 aromatic rings. The molecule has 0 amide bonds. The van der Waals surface area contributed by atoms with Crippen LogP contribution in [0.25, 0.3) is 0 Å². The number of carbonyl (C=O) groups excluding carboxylic acids is 1. The summed E-state index contributed by atoms with van der Waals surface area (Å²) in [7, 11) is 1.45. The Hall–Kier alpha value is -0.650. The van der Waals surface area contributed by atoms with Gasteiger partial charge in [0.05, 0.1) is 25.7 Å². The molecule has 2 atom stereocenters. The summed E-state index contributed by atoms with van der Waals surface area (Å²) in [4.78, 5) is 13.7. The van der Waals surface area contributed by atoms with E-state index in [0.717, 1.165) is 58.5 Å². The number of nitrogens with zero attached hydrogens (tertiary/aromatic N) is 1. The quantitative estimate of drug-likeness (QED) is 0.609. The summed E-state index contributed by atoms with van der Waals surface area (Å²) in [5.74, 6) is -0.133. The van der Waals surface area contributed by atoms with Gasteiger partial charge in [-0.2, -0.15) is 0 Å². The van der Waals surface area contributed by atoms with Crippen molar-refractivity contribution in [3.8, 4) is 0 Å². The number of carbonyl (C=O) groups is 1. The second-order valence-electron chi connectivity index (χ2n) is 6.04. The van der Waals surface area contributed by atoms with Crippen molar-refractivity contribution in [2.24, 2.45) is 0 Å². The van der Waals surface area contributed by atoms with Crippen LogP contribution in [0, 0.1) is 0 Å². The average Bonchev–Trinajstić information content (AvgIpc) is 3.17. The van der Waals surface area contributed by atoms with E-state index < -0.39 is 0 Å². The van der Waals surface area contributed by atoms with Gasteiger partial charge in [0, 0.05) is 26.3 Å². The molecule has 2 aliphatic rings. The Morgan fingerprint density at radius 1 is 1.14 bits per heavy atom. The molecule has 0 saturated carbocycles. The van der Waals surface area contributed by atoms with Crippen molar-refractivity contribution < 1.29 is 19.0 Å². The third kappa shape index (κ3) is 6.32. The fourth-order valence-electron chi connectivity index (χ4n) is 3.14. The molecule has 0 aromatic heterocycles. The molecule has 2 saturated heterocycles. The zero-order valence-electron chi connectivity index (χ0n) is 13.2. The number of methoxy groups -OCH3 is 1. The predicted octanol–water partition coefficient (Wildman–Crippen LogP) is 1.99. The summed E-state index contributed by atoms with van der Waals surface area (Å²) >= 11 is 0. The molecule has 0 radical (unpaired) electrons. The summed E-state index contributed by atoms with van der Waals surface area (Å²) in [6.45, 7) is 4.51. The molecule has 0 bridgehead atoms. The highest BCUT2D eigenvalue weighted by Crippen LogP contribution is 2.18. The van der Waals surface area contributed by atoms with Crippen molar-refractivity contribution in [1.82, 2.24) is 4.90 Å². The molecule has 2 heterocycles. The third-order valence-corrected chi connectivity index (χ3v) is 4.37. The molecule has 21 heavy (non-hydrogen) atoms. The van der Waals surface area contributed by atoms with Crippen molar-refractivity contribution in [3.63, 3.8) is 0 Å². The van der Waals surface area contributed by atoms with Gasteiger partial charge >= 0.3 is 5.97 Å². The summed E-state index contributed by atoms with van der Waals surface area (Å²) in [5.41, 5.74) is 0. The van der Waals surface area contributed by atoms with Crippen LogP contribution in [-0.2, 0) is 19.0 Å². The molecule has 0 aliphatic carbocycles. The van der Waals surface area contributed by atoms with Crippen LogP contribution in [0.2, 0.25) is 0 Å². The first-order chi connectivity index (χ1) is 10.3. The molecule has 2 fully saturated rings. The third-order valence-electron chi connectivity index (χ3n) is 4.37. The molecule has 0 spiro atoms. The van der Waals surface area contributed by atoms with E-state index in [1.165, 1.54) is 20.0 Å². The van der Waals surface area contributed by atoms with Crippen LogP contribution < -0.4 is 0 Å². The number of esters is 1. The first-order valence-electron chi connectivity index (χ1n) is 8.30. The summed E-state index contributed by atoms with van der Waals surface area (Å²) in [6, 6.07) is 0. The second kappa shape index (κ2) is 9.38. The van der Waals surface area contributed by atoms with Gasteiger partial charge < -0.3 is 19.1 Å². The SMILES string of the molecule is COC(=O)CCN(CCCC1CCCO1)CC1CCCO1. The Labute approximate surface area is 127 Å². The van der Waals surface area contributed by atoms with E-state index in [-0.39, 0.29) is 5.97 Å². The van der Waals surface area contributed by atoms with E-state index >= 15 is 0 Å². The molecule has 5 heteroatoms. The topological polar surface area (TPSA) is 48.0 Å². The Morgan fingerprint density at radius 3 is 2.48 bits per heavy atom. The summed E-state index contributed by atoms with van der Waals surface area (Å²) in [6.07, 6.45) is 8.20. The molecule has 2 unspecified atom stereocenters. The van der Waals surface area contributed by atoms with Crippen molar-refractivity contribution >= 4 is 5.97 Å². The highest BCUT2D eigenvalue weighted by atomic mass is 16.5. The molecule has 5 nitrogen and oxygen atoms in total. The molecule has 2 rings (SSSR count). The van der Waals surface area contributed by atoms with Gasteiger partial charge in [-0.05, 0) is 45.1 Å². The zero-order chi connectivity index (χ0) is 14.9. The Balaban J connectivity index is 1.68. The van der Waals surface area contributed by atoms with Crippen LogP contribution in [-0.4, -0.2) is 63.0 Å². The molecule has 0 N–H and O–H groups in total. The maximum Gasteiger partial charge on any atom is 0.306 e. The molecule has 0 aromatic carbocycles. The minimum atomic E-state index is -0.133. The summed E-state index contributed by atoms with van der Waals surface area (Å²) in [5, 5.41) is 0. The van der Waals surface area contributed by atoms with Gasteiger partial charge in [0.25, 0.3) is 0 Å². The normalized spacial score (nSPS) is 25.6. The lowest BCUT2D eigenvalue weighted by molar-refractivity contribution is -0.141. The van der Waals surface area contributed by atoms with Crippen LogP contribution in [0.4, 0.5) is 0 Å². The highest BCUT2D eigenvalue weighted by Gasteiger charge is 2.21. The van der Waals surface area contributed by atoms with Crippen molar-refractivity contribution in [1.29, 1.82) is 0 Å². The standard InChI is InChI=1S/C16H29NO4/c1-19-16(18)8-10-17(13-15-7-4-12-21-15)9-2-5-14-6-3-11-20-14/h14-15H,2-13H2,1H3. The second-order valence-corrected chi connectivity index (χ2v) is 6.04. The van der Waals surface area contributed by atoms with Crippen molar-refractivity contribution in [2.45, 2.75) is 57.2 Å². The van der Waals surface area contributed by atoms with E-state index in [1.54, 1.807) is 0 Å². The molecule has 2 aliphatic heterocycles. The van der Waals surface area contributed by atoms with Crippen LogP contribution in [0.1, 0.15) is 44.9 Å². The van der Waals surface area contributed by atoms with E-state index in [0.29, 0.717) is 18.6 Å². The van der Waals surface area contributed by atoms with Crippen molar-refractivity contribution in [2.75, 3.05) is 40.0 Å². The average molecular weight is 299 g/mol. The Kier molecular flexibility index (Phi) is 7.47. The van der Waals surface area contributed by atoms with E-state index in [1.807, 2.05) is 0 Å². The minimum absolute atomic E-state index is 0.133. The number of hydrogen-bond acceptors (Lipinski definition) is 5. The van der Waals surface area contributed by atoms with Gasteiger partial charge in [-0.3, -0.25) is 4.79 Å². The van der Waals surface area contributed by atoms with Gasteiger partial charge in [0.15, 0.2) is 0 Å². The van der Waals surface area contributed by atoms with Gasteiger partial charge in [-0.25, -0.2) is 0 Å². The molecular weight excluding hydrogens is 270 g/mol. The Morgan fingerprint density at radius 2 is 1.86 bits per heavy atom. The maximum absolute atomic E-state index is 11.3. The lowest BCUT2D eigenvalue weighted by Crippen LogP contribution is -2.35. The van der Waals surface area contributed by atoms with E-state index in [2.05, 4.69) is 4.90 Å². The van der Waals surface area contributed by atoms with Gasteiger partial charge in [-0.1, -0.05) is 0 Å². The smallest absolute Gasteiger partial charge is 0.306 e. The van der Waals surface area contributed by atoms with Gasteiger partial charge in [0.1, 0.15) is 0 Å². The van der Waals surface area contributed by atoms with Crippen LogP contribution in [0.15, 0.2) is 0 Å². The lowest BCUT2D eigenvalue weighted by Gasteiger charge is -2.25. The number of hydrogen-bond donors (Lipinski definition) is 0. The summed E-state index contributed by atoms with van der Waals surface area (Å²) < 4.78 is 16.1. The van der Waals surface area contributed by atoms with Crippen molar-refractivity contribution in [3.05, 3.63) is 0 Å². The predicted molar refractivity (Wildman–Crippen MR) is 80.3 cm³/mol. The fraction of sp³-hybridized carbons (Fsp3) is 0.938. The van der Waals surface area contributed by atoms with E-state index in [9.17, 15) is 4.79 Å². The van der Waals surface area contributed by atoms with Crippen LogP contribution in [0.3, 0.4) is 0 Å². The number of ether oxygens (including phenoxy) is 3. The van der Waals surface area contributed by atoms with Gasteiger partial charge in [-0.15, -0.1) is 0 Å². The molecule has 122 valence electrons. The first-order valence-corrected chi connectivity index (χ1v) is 8.30. The minimum Gasteiger partial charge on any atom is -0.469 e. The zero-order valence-corrected chi connectivity index (χ0v) is 13.2. The fourth-order valence-corrected chi connectivity index (χ4v) is 3.14. The highest BCUT2D eigenvalue weighted by molar-refractivity contribution is 5.69. The lowest BCUT2D eigenvalue weighted by atomic mass is 10.1. The monoisotopic (exact) mass is 299 g/mol. The van der Waals surface area contributed by atoms with Crippen LogP contribution in [0.5, 0.6) is 0 Å². The maximum atomic E-state index is 11.3. The van der Waals surface area contributed by atoms with E-state index in [4.69, 9.17) is 14.2 Å². The number of rotatable bonds is 9.